The van der Waals surface area contributed by atoms with Crippen LogP contribution in [0.15, 0.2) is 30.3 Å². The van der Waals surface area contributed by atoms with E-state index in [0.717, 1.165) is 10.1 Å². The Hall–Kier alpha value is -1.68. The first kappa shape index (κ1) is 12.8. The molecule has 0 aliphatic carbocycles. The molecule has 2 rings (SSSR count). The van der Waals surface area contributed by atoms with Gasteiger partial charge in [0, 0.05) is 4.70 Å². The summed E-state index contributed by atoms with van der Waals surface area (Å²) < 4.78 is 6.06. The zero-order valence-electron chi connectivity index (χ0n) is 10.5. The average Bonchev–Trinajstić information content (AvgIpc) is 2.68. The highest BCUT2D eigenvalue weighted by Gasteiger charge is 2.25. The van der Waals surface area contributed by atoms with E-state index in [1.165, 1.54) is 11.3 Å². The van der Waals surface area contributed by atoms with E-state index in [4.69, 9.17) is 4.74 Å². The lowest BCUT2D eigenvalue weighted by Crippen LogP contribution is -2.28. The fourth-order valence-electron chi connectivity index (χ4n) is 1.52. The lowest BCUT2D eigenvalue weighted by Gasteiger charge is -2.18. The third-order valence-electron chi connectivity index (χ3n) is 2.23. The summed E-state index contributed by atoms with van der Waals surface area (Å²) in [5, 5.41) is 0.967. The molecule has 1 heterocycles. The van der Waals surface area contributed by atoms with Crippen molar-refractivity contribution in [2.24, 2.45) is 0 Å². The van der Waals surface area contributed by atoms with E-state index in [9.17, 15) is 9.59 Å². The first-order chi connectivity index (χ1) is 8.37. The highest BCUT2D eigenvalue weighted by atomic mass is 32.1. The summed E-state index contributed by atoms with van der Waals surface area (Å²) in [4.78, 5) is 24.0. The normalized spacial score (nSPS) is 11.5. The topological polar surface area (TPSA) is 43.4 Å². The monoisotopic (exact) mass is 262 g/mol. The maximum absolute atomic E-state index is 11.9. The second-order valence-corrected chi connectivity index (χ2v) is 6.06. The van der Waals surface area contributed by atoms with Gasteiger partial charge in [0.05, 0.1) is 4.88 Å². The maximum atomic E-state index is 11.9. The Balaban J connectivity index is 2.26. The van der Waals surface area contributed by atoms with Crippen molar-refractivity contribution < 1.29 is 14.3 Å². The van der Waals surface area contributed by atoms with Crippen LogP contribution >= 0.6 is 11.3 Å². The molecule has 1 aromatic carbocycles. The highest BCUT2D eigenvalue weighted by molar-refractivity contribution is 7.21. The van der Waals surface area contributed by atoms with Gasteiger partial charge in [-0.25, -0.2) is 4.79 Å². The van der Waals surface area contributed by atoms with Crippen LogP contribution in [-0.4, -0.2) is 17.4 Å². The van der Waals surface area contributed by atoms with E-state index in [0.29, 0.717) is 4.88 Å². The van der Waals surface area contributed by atoms with Gasteiger partial charge in [-0.2, -0.15) is 0 Å². The molecule has 0 bridgehead atoms. The van der Waals surface area contributed by atoms with Gasteiger partial charge < -0.3 is 4.74 Å². The predicted octanol–water partition coefficient (Wildman–Crippen LogP) is 3.43. The Kier molecular flexibility index (Phi) is 3.22. The number of carbonyl (C=O) groups excluding carboxylic acids is 2. The summed E-state index contributed by atoms with van der Waals surface area (Å²) in [6, 6.07) is 9.37. The van der Waals surface area contributed by atoms with Gasteiger partial charge in [0.25, 0.3) is 5.78 Å². The number of ketones is 1. The molecule has 0 spiro atoms. The van der Waals surface area contributed by atoms with Crippen LogP contribution in [0.4, 0.5) is 0 Å². The number of ether oxygens (including phenoxy) is 1. The molecule has 0 fully saturated rings. The molecule has 0 saturated heterocycles. The molecule has 0 aliphatic heterocycles. The van der Waals surface area contributed by atoms with Gasteiger partial charge in [-0.1, -0.05) is 18.2 Å². The van der Waals surface area contributed by atoms with Crippen molar-refractivity contribution in [2.75, 3.05) is 0 Å². The van der Waals surface area contributed by atoms with Crippen LogP contribution in [0.2, 0.25) is 0 Å². The minimum atomic E-state index is -0.797. The molecular formula is C14H14O3S. The maximum Gasteiger partial charge on any atom is 0.381 e. The quantitative estimate of drug-likeness (QED) is 0.473. The Morgan fingerprint density at radius 1 is 1.17 bits per heavy atom. The molecule has 2 aromatic rings. The number of hydrogen-bond donors (Lipinski definition) is 0. The van der Waals surface area contributed by atoms with E-state index in [1.807, 2.05) is 24.3 Å². The van der Waals surface area contributed by atoms with Crippen molar-refractivity contribution in [3.05, 3.63) is 35.2 Å². The van der Waals surface area contributed by atoms with E-state index < -0.39 is 17.4 Å². The molecule has 0 amide bonds. The minimum absolute atomic E-state index is 0.422. The summed E-state index contributed by atoms with van der Waals surface area (Å²) in [5.74, 6) is -1.37. The number of esters is 1. The molecule has 4 heteroatoms. The Morgan fingerprint density at radius 3 is 2.44 bits per heavy atom. The van der Waals surface area contributed by atoms with Gasteiger partial charge >= 0.3 is 5.97 Å². The molecular weight excluding hydrogens is 248 g/mol. The molecule has 0 radical (unpaired) electrons. The number of carbonyl (C=O) groups is 2. The molecule has 0 aliphatic rings. The predicted molar refractivity (Wildman–Crippen MR) is 72.0 cm³/mol. The van der Waals surface area contributed by atoms with Crippen LogP contribution in [0.5, 0.6) is 0 Å². The van der Waals surface area contributed by atoms with Gasteiger partial charge in [0.15, 0.2) is 0 Å². The largest absolute Gasteiger partial charge is 0.454 e. The Labute approximate surface area is 109 Å². The lowest BCUT2D eigenvalue weighted by molar-refractivity contribution is -0.148. The fraction of sp³-hybridized carbons (Fsp3) is 0.286. The van der Waals surface area contributed by atoms with Crippen LogP contribution in [0.25, 0.3) is 10.1 Å². The van der Waals surface area contributed by atoms with Crippen molar-refractivity contribution >= 4 is 33.2 Å². The zero-order chi connectivity index (χ0) is 13.3. The van der Waals surface area contributed by atoms with Crippen LogP contribution in [-0.2, 0) is 9.53 Å². The third kappa shape index (κ3) is 2.76. The van der Waals surface area contributed by atoms with Crippen molar-refractivity contribution in [3.8, 4) is 0 Å². The molecule has 0 atom stereocenters. The van der Waals surface area contributed by atoms with Crippen LogP contribution in [0.1, 0.15) is 30.4 Å². The minimum Gasteiger partial charge on any atom is -0.454 e. The Bertz CT molecular complexity index is 572. The van der Waals surface area contributed by atoms with E-state index >= 15 is 0 Å². The van der Waals surface area contributed by atoms with Crippen LogP contribution in [0, 0.1) is 0 Å². The standard InChI is InChI=1S/C14H14O3S/c1-14(2,3)17-13(16)12(15)11-8-9-6-4-5-7-10(9)18-11/h4-8H,1-3H3. The summed E-state index contributed by atoms with van der Waals surface area (Å²) in [7, 11) is 0. The second-order valence-electron chi connectivity index (χ2n) is 4.98. The van der Waals surface area contributed by atoms with Gasteiger partial charge in [0.1, 0.15) is 5.60 Å². The van der Waals surface area contributed by atoms with Crippen LogP contribution < -0.4 is 0 Å². The van der Waals surface area contributed by atoms with Crippen molar-refractivity contribution in [1.82, 2.24) is 0 Å². The van der Waals surface area contributed by atoms with Gasteiger partial charge in [-0.3, -0.25) is 4.79 Å². The van der Waals surface area contributed by atoms with E-state index in [2.05, 4.69) is 0 Å². The summed E-state index contributed by atoms with van der Waals surface area (Å²) >= 11 is 1.31. The number of Topliss-reactive ketones (excluding diaryl/α,β-unsaturated/α-hetero) is 1. The zero-order valence-corrected chi connectivity index (χ0v) is 11.3. The van der Waals surface area contributed by atoms with E-state index in [-0.39, 0.29) is 0 Å². The number of fused-ring (bicyclic) bond motifs is 1. The molecule has 18 heavy (non-hydrogen) atoms. The SMILES string of the molecule is CC(C)(C)OC(=O)C(=O)c1cc2ccccc2s1. The highest BCUT2D eigenvalue weighted by Crippen LogP contribution is 2.26. The fourth-order valence-corrected chi connectivity index (χ4v) is 2.51. The van der Waals surface area contributed by atoms with Crippen LogP contribution in [0.3, 0.4) is 0 Å². The van der Waals surface area contributed by atoms with Gasteiger partial charge in [0.2, 0.25) is 0 Å². The van der Waals surface area contributed by atoms with E-state index in [1.54, 1.807) is 26.8 Å². The Morgan fingerprint density at radius 2 is 1.83 bits per heavy atom. The molecule has 0 unspecified atom stereocenters. The summed E-state index contributed by atoms with van der Waals surface area (Å²) in [6.07, 6.45) is 0. The average molecular weight is 262 g/mol. The summed E-state index contributed by atoms with van der Waals surface area (Å²) in [6.45, 7) is 5.22. The lowest BCUT2D eigenvalue weighted by atomic mass is 10.2. The molecule has 3 nitrogen and oxygen atoms in total. The first-order valence-electron chi connectivity index (χ1n) is 5.63. The summed E-state index contributed by atoms with van der Waals surface area (Å²) in [5.41, 5.74) is -0.649. The number of benzene rings is 1. The van der Waals surface area contributed by atoms with Crippen molar-refractivity contribution in [2.45, 2.75) is 26.4 Å². The molecule has 1 aromatic heterocycles. The molecule has 94 valence electrons. The first-order valence-corrected chi connectivity index (χ1v) is 6.45. The third-order valence-corrected chi connectivity index (χ3v) is 3.35. The molecule has 0 N–H and O–H groups in total. The second kappa shape index (κ2) is 4.53. The number of rotatable bonds is 2. The van der Waals surface area contributed by atoms with Gasteiger partial charge in [-0.05, 0) is 38.3 Å². The van der Waals surface area contributed by atoms with Gasteiger partial charge in [-0.15, -0.1) is 11.3 Å². The van der Waals surface area contributed by atoms with Crippen molar-refractivity contribution in [3.63, 3.8) is 0 Å². The van der Waals surface area contributed by atoms with Crippen molar-refractivity contribution in [1.29, 1.82) is 0 Å². The number of hydrogen-bond acceptors (Lipinski definition) is 4. The smallest absolute Gasteiger partial charge is 0.381 e. The molecule has 0 saturated carbocycles. The number of thiophene rings is 1.